The molecule has 0 aliphatic rings. The van der Waals surface area contributed by atoms with Crippen LogP contribution in [0.3, 0.4) is 0 Å². The second-order valence-corrected chi connectivity index (χ2v) is 5.40. The van der Waals surface area contributed by atoms with Crippen LogP contribution in [-0.4, -0.2) is 18.6 Å². The van der Waals surface area contributed by atoms with E-state index in [4.69, 9.17) is 4.74 Å². The third-order valence-corrected chi connectivity index (χ3v) is 3.77. The van der Waals surface area contributed by atoms with Crippen molar-refractivity contribution >= 4 is 11.3 Å². The van der Waals surface area contributed by atoms with E-state index in [0.717, 1.165) is 25.2 Å². The Balaban J connectivity index is 2.09. The van der Waals surface area contributed by atoms with Gasteiger partial charge in [-0.1, -0.05) is 19.1 Å². The molecule has 102 valence electrons. The van der Waals surface area contributed by atoms with E-state index in [1.165, 1.54) is 10.4 Å². The molecule has 0 saturated carbocycles. The largest absolute Gasteiger partial charge is 0.494 e. The number of nitrogens with one attached hydrogen (secondary N) is 1. The lowest BCUT2D eigenvalue weighted by Gasteiger charge is -2.16. The minimum absolute atomic E-state index is 0.297. The van der Waals surface area contributed by atoms with E-state index in [1.54, 1.807) is 11.3 Å². The number of rotatable bonds is 7. The van der Waals surface area contributed by atoms with Crippen molar-refractivity contribution in [1.82, 2.24) is 10.3 Å². The second-order valence-electron chi connectivity index (χ2n) is 4.43. The minimum Gasteiger partial charge on any atom is -0.494 e. The van der Waals surface area contributed by atoms with Crippen LogP contribution in [-0.2, 0) is 6.42 Å². The van der Waals surface area contributed by atoms with Crippen molar-refractivity contribution in [3.8, 4) is 5.75 Å². The highest BCUT2D eigenvalue weighted by Gasteiger charge is 2.11. The standard InChI is InChI=1S/C15H20N2OS/c1-3-7-18-13-6-4-5-12(8-13)15(16-2)9-14-10-17-11-19-14/h4-6,8,10-11,15-16H,3,7,9H2,1-2H3. The first-order valence-corrected chi connectivity index (χ1v) is 7.48. The lowest BCUT2D eigenvalue weighted by molar-refractivity contribution is 0.317. The third kappa shape index (κ3) is 4.04. The lowest BCUT2D eigenvalue weighted by Crippen LogP contribution is -2.18. The van der Waals surface area contributed by atoms with Gasteiger partial charge in [0.25, 0.3) is 0 Å². The van der Waals surface area contributed by atoms with Gasteiger partial charge in [-0.3, -0.25) is 4.98 Å². The van der Waals surface area contributed by atoms with Gasteiger partial charge >= 0.3 is 0 Å². The summed E-state index contributed by atoms with van der Waals surface area (Å²) < 4.78 is 5.69. The normalized spacial score (nSPS) is 12.3. The number of ether oxygens (including phenoxy) is 1. The van der Waals surface area contributed by atoms with Crippen LogP contribution in [0.25, 0.3) is 0 Å². The molecule has 1 aromatic heterocycles. The van der Waals surface area contributed by atoms with Gasteiger partial charge in [0.05, 0.1) is 12.1 Å². The Morgan fingerprint density at radius 2 is 2.32 bits per heavy atom. The average Bonchev–Trinajstić information content (AvgIpc) is 2.96. The second kappa shape index (κ2) is 7.26. The van der Waals surface area contributed by atoms with Crippen molar-refractivity contribution in [2.75, 3.05) is 13.7 Å². The molecule has 1 N–H and O–H groups in total. The van der Waals surface area contributed by atoms with Crippen LogP contribution in [0, 0.1) is 0 Å². The van der Waals surface area contributed by atoms with Crippen molar-refractivity contribution < 1.29 is 4.74 Å². The van der Waals surface area contributed by atoms with Crippen LogP contribution in [0.4, 0.5) is 0 Å². The van der Waals surface area contributed by atoms with E-state index in [9.17, 15) is 0 Å². The average molecular weight is 276 g/mol. The predicted molar refractivity (Wildman–Crippen MR) is 79.8 cm³/mol. The van der Waals surface area contributed by atoms with Gasteiger partial charge in [-0.05, 0) is 31.2 Å². The van der Waals surface area contributed by atoms with E-state index < -0.39 is 0 Å². The van der Waals surface area contributed by atoms with E-state index in [2.05, 4.69) is 35.4 Å². The number of benzene rings is 1. The van der Waals surface area contributed by atoms with Gasteiger partial charge < -0.3 is 10.1 Å². The first-order chi connectivity index (χ1) is 9.33. The molecule has 0 bridgehead atoms. The summed E-state index contributed by atoms with van der Waals surface area (Å²) in [6, 6.07) is 8.63. The fourth-order valence-electron chi connectivity index (χ4n) is 1.97. The zero-order chi connectivity index (χ0) is 13.5. The van der Waals surface area contributed by atoms with E-state index >= 15 is 0 Å². The van der Waals surface area contributed by atoms with E-state index in [0.29, 0.717) is 6.04 Å². The maximum atomic E-state index is 5.69. The molecule has 2 aromatic rings. The molecule has 0 aliphatic heterocycles. The monoisotopic (exact) mass is 276 g/mol. The first kappa shape index (κ1) is 14.0. The molecule has 4 heteroatoms. The summed E-state index contributed by atoms with van der Waals surface area (Å²) >= 11 is 1.70. The molecule has 0 amide bonds. The summed E-state index contributed by atoms with van der Waals surface area (Å²) in [5, 5.41) is 3.36. The number of hydrogen-bond donors (Lipinski definition) is 1. The Morgan fingerprint density at radius 3 is 3.00 bits per heavy atom. The molecule has 0 fully saturated rings. The zero-order valence-electron chi connectivity index (χ0n) is 11.4. The quantitative estimate of drug-likeness (QED) is 0.841. The summed E-state index contributed by atoms with van der Waals surface area (Å²) in [5.41, 5.74) is 3.13. The predicted octanol–water partition coefficient (Wildman–Crippen LogP) is 3.44. The van der Waals surface area contributed by atoms with Crippen LogP contribution in [0.5, 0.6) is 5.75 Å². The maximum Gasteiger partial charge on any atom is 0.119 e. The molecule has 1 atom stereocenters. The molecule has 0 aliphatic carbocycles. The van der Waals surface area contributed by atoms with Gasteiger partial charge in [0.1, 0.15) is 5.75 Å². The summed E-state index contributed by atoms with van der Waals surface area (Å²) in [4.78, 5) is 5.42. The van der Waals surface area contributed by atoms with Crippen LogP contribution in [0.2, 0.25) is 0 Å². The number of aromatic nitrogens is 1. The smallest absolute Gasteiger partial charge is 0.119 e. The molecule has 1 heterocycles. The topological polar surface area (TPSA) is 34.1 Å². The summed E-state index contributed by atoms with van der Waals surface area (Å²) in [5.74, 6) is 0.948. The Kier molecular flexibility index (Phi) is 5.36. The van der Waals surface area contributed by atoms with Crippen molar-refractivity contribution in [2.45, 2.75) is 25.8 Å². The van der Waals surface area contributed by atoms with Gasteiger partial charge in [0, 0.05) is 23.5 Å². The number of nitrogens with zero attached hydrogens (tertiary/aromatic N) is 1. The highest BCUT2D eigenvalue weighted by Crippen LogP contribution is 2.23. The molecule has 2 rings (SSSR count). The van der Waals surface area contributed by atoms with Crippen molar-refractivity contribution in [3.63, 3.8) is 0 Å². The maximum absolute atomic E-state index is 5.69. The molecular formula is C15H20N2OS. The Hall–Kier alpha value is -1.39. The minimum atomic E-state index is 0.297. The molecule has 1 aromatic carbocycles. The van der Waals surface area contributed by atoms with Gasteiger partial charge in [-0.15, -0.1) is 11.3 Å². The first-order valence-electron chi connectivity index (χ1n) is 6.61. The lowest BCUT2D eigenvalue weighted by atomic mass is 10.0. The van der Waals surface area contributed by atoms with Crippen molar-refractivity contribution in [1.29, 1.82) is 0 Å². The van der Waals surface area contributed by atoms with Gasteiger partial charge in [0.15, 0.2) is 0 Å². The summed E-state index contributed by atoms with van der Waals surface area (Å²) in [6.07, 6.45) is 3.92. The van der Waals surface area contributed by atoms with Crippen LogP contribution in [0.15, 0.2) is 36.0 Å². The van der Waals surface area contributed by atoms with Crippen LogP contribution < -0.4 is 10.1 Å². The van der Waals surface area contributed by atoms with Gasteiger partial charge in [-0.2, -0.15) is 0 Å². The SMILES string of the molecule is CCCOc1cccc(C(Cc2cncs2)NC)c1. The summed E-state index contributed by atoms with van der Waals surface area (Å²) in [6.45, 7) is 2.88. The molecule has 0 radical (unpaired) electrons. The fourth-order valence-corrected chi connectivity index (χ4v) is 2.61. The third-order valence-electron chi connectivity index (χ3n) is 2.97. The van der Waals surface area contributed by atoms with Crippen LogP contribution >= 0.6 is 11.3 Å². The van der Waals surface area contributed by atoms with Crippen LogP contribution in [0.1, 0.15) is 29.8 Å². The molecule has 19 heavy (non-hydrogen) atoms. The Bertz CT molecular complexity index is 485. The molecule has 0 spiro atoms. The highest BCUT2D eigenvalue weighted by molar-refractivity contribution is 7.09. The van der Waals surface area contributed by atoms with Gasteiger partial charge in [0.2, 0.25) is 0 Å². The fraction of sp³-hybridized carbons (Fsp3) is 0.400. The molecule has 0 saturated heterocycles. The molecule has 3 nitrogen and oxygen atoms in total. The molecular weight excluding hydrogens is 256 g/mol. The van der Waals surface area contributed by atoms with Gasteiger partial charge in [-0.25, -0.2) is 0 Å². The number of hydrogen-bond acceptors (Lipinski definition) is 4. The number of thiazole rings is 1. The Morgan fingerprint density at radius 1 is 1.42 bits per heavy atom. The summed E-state index contributed by atoms with van der Waals surface area (Å²) in [7, 11) is 1.99. The van der Waals surface area contributed by atoms with E-state index in [1.807, 2.05) is 24.8 Å². The zero-order valence-corrected chi connectivity index (χ0v) is 12.2. The van der Waals surface area contributed by atoms with E-state index in [-0.39, 0.29) is 0 Å². The molecule has 1 unspecified atom stereocenters. The number of likely N-dealkylation sites (N-methyl/N-ethyl adjacent to an activating group) is 1. The highest BCUT2D eigenvalue weighted by atomic mass is 32.1. The Labute approximate surface area is 118 Å². The van der Waals surface area contributed by atoms with Crippen molar-refractivity contribution in [3.05, 3.63) is 46.4 Å². The van der Waals surface area contributed by atoms with Crippen molar-refractivity contribution in [2.24, 2.45) is 0 Å².